The van der Waals surface area contributed by atoms with Crippen LogP contribution < -0.4 is 0 Å². The van der Waals surface area contributed by atoms with Gasteiger partial charge in [-0.25, -0.2) is 4.98 Å². The van der Waals surface area contributed by atoms with E-state index in [1.165, 1.54) is 17.3 Å². The number of aromatic nitrogens is 2. The summed E-state index contributed by atoms with van der Waals surface area (Å²) in [5, 5.41) is 8.93. The van der Waals surface area contributed by atoms with Gasteiger partial charge in [0.1, 0.15) is 11.9 Å². The highest BCUT2D eigenvalue weighted by atomic mass is 19.3. The van der Waals surface area contributed by atoms with Crippen molar-refractivity contribution in [2.45, 2.75) is 32.5 Å². The molecule has 1 rings (SSSR count). The summed E-state index contributed by atoms with van der Waals surface area (Å²) in [5.74, 6) is -0.813. The molecule has 0 saturated heterocycles. The van der Waals surface area contributed by atoms with Gasteiger partial charge in [0.05, 0.1) is 6.54 Å². The highest BCUT2D eigenvalue weighted by Crippen LogP contribution is 2.15. The van der Waals surface area contributed by atoms with Crippen LogP contribution in [0.1, 0.15) is 25.7 Å². The Morgan fingerprint density at radius 2 is 2.29 bits per heavy atom. The Bertz CT molecular complexity index is 381. The molecule has 17 heavy (non-hydrogen) atoms. The molecule has 1 N–H and O–H groups in total. The van der Waals surface area contributed by atoms with E-state index in [2.05, 4.69) is 4.98 Å². The Hall–Kier alpha value is -1.50. The highest BCUT2D eigenvalue weighted by molar-refractivity contribution is 5.73. The van der Waals surface area contributed by atoms with Gasteiger partial charge >= 0.3 is 12.5 Å². The SMILES string of the molecule is CCC(C(=O)O)N(C)Cc1nccn1C(F)F. The van der Waals surface area contributed by atoms with Gasteiger partial charge in [-0.2, -0.15) is 8.78 Å². The van der Waals surface area contributed by atoms with Gasteiger partial charge in [0.2, 0.25) is 0 Å². The van der Waals surface area contributed by atoms with E-state index in [4.69, 9.17) is 5.11 Å². The van der Waals surface area contributed by atoms with Gasteiger partial charge in [-0.3, -0.25) is 14.3 Å². The van der Waals surface area contributed by atoms with Crippen LogP contribution in [0.3, 0.4) is 0 Å². The molecule has 5 nitrogen and oxygen atoms in total. The number of carbonyl (C=O) groups is 1. The minimum absolute atomic E-state index is 0.0716. The Labute approximate surface area is 97.7 Å². The van der Waals surface area contributed by atoms with Gasteiger partial charge in [-0.1, -0.05) is 6.92 Å². The molecule has 0 bridgehead atoms. The number of hydrogen-bond acceptors (Lipinski definition) is 3. The zero-order valence-electron chi connectivity index (χ0n) is 9.68. The molecule has 1 aromatic heterocycles. The number of halogens is 2. The van der Waals surface area contributed by atoms with Gasteiger partial charge in [0, 0.05) is 12.4 Å². The summed E-state index contributed by atoms with van der Waals surface area (Å²) in [5.41, 5.74) is 0. The molecule has 96 valence electrons. The Kier molecular flexibility index (Phi) is 4.56. The first kappa shape index (κ1) is 13.6. The fraction of sp³-hybridized carbons (Fsp3) is 0.600. The zero-order chi connectivity index (χ0) is 13.0. The first-order valence-electron chi connectivity index (χ1n) is 5.20. The monoisotopic (exact) mass is 247 g/mol. The second-order valence-electron chi connectivity index (χ2n) is 3.71. The molecule has 0 aliphatic carbocycles. The van der Waals surface area contributed by atoms with Crippen LogP contribution in [0, 0.1) is 0 Å². The standard InChI is InChI=1S/C10H15F2N3O2/c1-3-7(9(16)17)14(2)6-8-13-4-5-15(8)10(11)12/h4-5,7,10H,3,6H2,1-2H3,(H,16,17). The second kappa shape index (κ2) is 5.72. The summed E-state index contributed by atoms with van der Waals surface area (Å²) < 4.78 is 25.8. The molecule has 1 unspecified atom stereocenters. The highest BCUT2D eigenvalue weighted by Gasteiger charge is 2.22. The van der Waals surface area contributed by atoms with E-state index in [1.54, 1.807) is 14.0 Å². The fourth-order valence-corrected chi connectivity index (χ4v) is 1.65. The van der Waals surface area contributed by atoms with Crippen molar-refractivity contribution in [2.24, 2.45) is 0 Å². The van der Waals surface area contributed by atoms with Crippen molar-refractivity contribution >= 4 is 5.97 Å². The lowest BCUT2D eigenvalue weighted by Gasteiger charge is -2.23. The zero-order valence-corrected chi connectivity index (χ0v) is 9.68. The van der Waals surface area contributed by atoms with Crippen molar-refractivity contribution in [1.82, 2.24) is 14.5 Å². The first-order valence-corrected chi connectivity index (χ1v) is 5.20. The quantitative estimate of drug-likeness (QED) is 0.829. The van der Waals surface area contributed by atoms with Crippen molar-refractivity contribution in [3.05, 3.63) is 18.2 Å². The maximum atomic E-state index is 12.5. The van der Waals surface area contributed by atoms with Gasteiger partial charge in [0.25, 0.3) is 0 Å². The van der Waals surface area contributed by atoms with Crippen LogP contribution >= 0.6 is 0 Å². The van der Waals surface area contributed by atoms with E-state index in [0.717, 1.165) is 4.57 Å². The lowest BCUT2D eigenvalue weighted by atomic mass is 10.2. The number of alkyl halides is 2. The van der Waals surface area contributed by atoms with E-state index >= 15 is 0 Å². The number of likely N-dealkylation sites (N-methyl/N-ethyl adjacent to an activating group) is 1. The van der Waals surface area contributed by atoms with Crippen molar-refractivity contribution in [3.63, 3.8) is 0 Å². The molecule has 0 spiro atoms. The summed E-state index contributed by atoms with van der Waals surface area (Å²) in [7, 11) is 1.58. The lowest BCUT2D eigenvalue weighted by molar-refractivity contribution is -0.143. The van der Waals surface area contributed by atoms with E-state index in [1.807, 2.05) is 0 Å². The van der Waals surface area contributed by atoms with E-state index in [0.29, 0.717) is 6.42 Å². The molecular formula is C10H15F2N3O2. The van der Waals surface area contributed by atoms with Crippen molar-refractivity contribution in [1.29, 1.82) is 0 Å². The lowest BCUT2D eigenvalue weighted by Crippen LogP contribution is -2.38. The van der Waals surface area contributed by atoms with Gasteiger partial charge < -0.3 is 5.11 Å². The number of nitrogens with zero attached hydrogens (tertiary/aromatic N) is 3. The average molecular weight is 247 g/mol. The maximum Gasteiger partial charge on any atom is 0.320 e. The number of hydrogen-bond donors (Lipinski definition) is 1. The smallest absolute Gasteiger partial charge is 0.320 e. The van der Waals surface area contributed by atoms with E-state index in [9.17, 15) is 13.6 Å². The summed E-state index contributed by atoms with van der Waals surface area (Å²) in [6, 6.07) is -0.696. The largest absolute Gasteiger partial charge is 0.480 e. The molecule has 0 saturated carbocycles. The summed E-state index contributed by atoms with van der Waals surface area (Å²) in [6.45, 7) is -0.859. The number of imidazole rings is 1. The minimum Gasteiger partial charge on any atom is -0.480 e. The minimum atomic E-state index is -2.66. The van der Waals surface area contributed by atoms with Crippen molar-refractivity contribution in [2.75, 3.05) is 7.05 Å². The number of rotatable bonds is 6. The summed E-state index contributed by atoms with van der Waals surface area (Å²) in [4.78, 5) is 16.2. The van der Waals surface area contributed by atoms with Crippen LogP contribution in [-0.2, 0) is 11.3 Å². The number of aliphatic carboxylic acids is 1. The Morgan fingerprint density at radius 3 is 2.76 bits per heavy atom. The second-order valence-corrected chi connectivity index (χ2v) is 3.71. The third-order valence-electron chi connectivity index (χ3n) is 2.55. The third kappa shape index (κ3) is 3.23. The summed E-state index contributed by atoms with van der Waals surface area (Å²) in [6.07, 6.45) is 2.85. The fourth-order valence-electron chi connectivity index (χ4n) is 1.65. The van der Waals surface area contributed by atoms with Gasteiger partial charge in [0.15, 0.2) is 0 Å². The topological polar surface area (TPSA) is 58.4 Å². The molecule has 0 aliphatic rings. The molecule has 1 atom stereocenters. The predicted molar refractivity (Wildman–Crippen MR) is 56.7 cm³/mol. The molecule has 1 aromatic rings. The molecule has 7 heteroatoms. The molecule has 0 aliphatic heterocycles. The van der Waals surface area contributed by atoms with Crippen molar-refractivity contribution in [3.8, 4) is 0 Å². The van der Waals surface area contributed by atoms with Gasteiger partial charge in [-0.05, 0) is 13.5 Å². The van der Waals surface area contributed by atoms with E-state index in [-0.39, 0.29) is 12.4 Å². The predicted octanol–water partition coefficient (Wildman–Crippen LogP) is 1.57. The molecular weight excluding hydrogens is 232 g/mol. The Morgan fingerprint density at radius 1 is 1.65 bits per heavy atom. The average Bonchev–Trinajstić information content (AvgIpc) is 2.66. The first-order chi connectivity index (χ1) is 7.97. The van der Waals surface area contributed by atoms with Crippen LogP contribution in [-0.4, -0.2) is 38.6 Å². The van der Waals surface area contributed by atoms with Crippen LogP contribution in [0.25, 0.3) is 0 Å². The van der Waals surface area contributed by atoms with E-state index < -0.39 is 18.6 Å². The van der Waals surface area contributed by atoms with Crippen molar-refractivity contribution < 1.29 is 18.7 Å². The third-order valence-corrected chi connectivity index (χ3v) is 2.55. The molecule has 1 heterocycles. The van der Waals surface area contributed by atoms with Crippen LogP contribution in [0.2, 0.25) is 0 Å². The maximum absolute atomic E-state index is 12.5. The number of carboxylic acids is 1. The van der Waals surface area contributed by atoms with Crippen LogP contribution in [0.5, 0.6) is 0 Å². The summed E-state index contributed by atoms with van der Waals surface area (Å²) >= 11 is 0. The molecule has 0 radical (unpaired) electrons. The van der Waals surface area contributed by atoms with Crippen LogP contribution in [0.15, 0.2) is 12.4 Å². The number of carboxylic acid groups (broad SMARTS) is 1. The molecule has 0 amide bonds. The normalized spacial score (nSPS) is 13.3. The Balaban J connectivity index is 2.76. The molecule has 0 aromatic carbocycles. The molecule has 0 fully saturated rings. The van der Waals surface area contributed by atoms with Gasteiger partial charge in [-0.15, -0.1) is 0 Å². The van der Waals surface area contributed by atoms with Crippen LogP contribution in [0.4, 0.5) is 8.78 Å².